The Hall–Kier alpha value is -2.97. The van der Waals surface area contributed by atoms with E-state index in [9.17, 15) is 19.5 Å². The van der Waals surface area contributed by atoms with Gasteiger partial charge in [0.05, 0.1) is 34.4 Å². The molecule has 54 heavy (non-hydrogen) atoms. The van der Waals surface area contributed by atoms with Gasteiger partial charge in [0.25, 0.3) is 0 Å². The van der Waals surface area contributed by atoms with Crippen molar-refractivity contribution in [2.75, 3.05) is 41.0 Å². The zero-order valence-electron chi connectivity index (χ0n) is 35.2. The topological polar surface area (TPSA) is 99.1 Å². The van der Waals surface area contributed by atoms with E-state index in [1.165, 1.54) is 44.9 Å². The van der Waals surface area contributed by atoms with Gasteiger partial charge >= 0.3 is 17.9 Å². The van der Waals surface area contributed by atoms with Gasteiger partial charge in [-0.3, -0.25) is 9.59 Å². The molecule has 0 aromatic carbocycles. The molecule has 2 unspecified atom stereocenters. The van der Waals surface area contributed by atoms with Gasteiger partial charge in [-0.25, -0.2) is 4.79 Å². The quantitative estimate of drug-likeness (QED) is 0.0291. The first-order chi connectivity index (χ1) is 26.1. The summed E-state index contributed by atoms with van der Waals surface area (Å²) in [7, 11) is 5.51. The van der Waals surface area contributed by atoms with Gasteiger partial charge in [0.2, 0.25) is 0 Å². The highest BCUT2D eigenvalue weighted by molar-refractivity contribution is 5.72. The van der Waals surface area contributed by atoms with E-state index in [0.717, 1.165) is 83.5 Å². The molecule has 0 aromatic rings. The van der Waals surface area contributed by atoms with Gasteiger partial charge in [-0.05, 0) is 57.8 Å². The van der Waals surface area contributed by atoms with Crippen LogP contribution in [-0.2, 0) is 28.6 Å². The number of carbonyl (C=O) groups is 3. The average molecular weight is 759 g/mol. The predicted molar refractivity (Wildman–Crippen MR) is 224 cm³/mol. The Kier molecular flexibility index (Phi) is 34.9. The first-order valence-corrected chi connectivity index (χ1v) is 21.3. The molecule has 1 N–H and O–H groups in total. The second-order valence-electron chi connectivity index (χ2n) is 15.2. The summed E-state index contributed by atoms with van der Waals surface area (Å²) in [4.78, 5) is 36.8. The van der Waals surface area contributed by atoms with Gasteiger partial charge in [-0.2, -0.15) is 0 Å². The number of carboxylic acids is 1. The maximum atomic E-state index is 12.6. The molecule has 0 bridgehead atoms. The molecule has 0 amide bonds. The minimum atomic E-state index is -0.880. The maximum Gasteiger partial charge on any atom is 0.362 e. The van der Waals surface area contributed by atoms with Crippen molar-refractivity contribution in [1.29, 1.82) is 0 Å². The molecule has 0 aliphatic heterocycles. The van der Waals surface area contributed by atoms with Crippen LogP contribution in [-0.4, -0.2) is 80.6 Å². The van der Waals surface area contributed by atoms with Crippen LogP contribution >= 0.6 is 0 Å². The summed E-state index contributed by atoms with van der Waals surface area (Å²) < 4.78 is 17.2. The van der Waals surface area contributed by atoms with E-state index in [1.54, 1.807) is 0 Å². The molecular formula is C46H80NO7+. The molecule has 310 valence electrons. The van der Waals surface area contributed by atoms with Gasteiger partial charge in [0.1, 0.15) is 6.61 Å². The van der Waals surface area contributed by atoms with Crippen molar-refractivity contribution in [3.63, 3.8) is 0 Å². The predicted octanol–water partition coefficient (Wildman–Crippen LogP) is 11.4. The zero-order valence-corrected chi connectivity index (χ0v) is 35.2. The highest BCUT2D eigenvalue weighted by atomic mass is 16.6. The fourth-order valence-electron chi connectivity index (χ4n) is 5.88. The molecule has 2 atom stereocenters. The standard InChI is InChI=1S/C46H79NO7/c1-6-8-10-12-14-16-17-18-19-20-21-22-23-24-25-26-27-28-29-31-32-34-36-44(48)53-41-42(40-52-39-38-43(46(50)51)47(3,4)5)54-45(49)37-35-33-30-15-13-11-9-7-2/h8,10,14,16,18-19,21-22,24-25,42-43H,6-7,9,11-13,15,17,20,23,26-41H2,1-5H3/p+1/b10-8+,16-14+,19-18+,22-21+,25-24+. The summed E-state index contributed by atoms with van der Waals surface area (Å²) in [6, 6.07) is -0.616. The van der Waals surface area contributed by atoms with E-state index >= 15 is 0 Å². The Labute approximate surface area is 330 Å². The average Bonchev–Trinajstić information content (AvgIpc) is 3.12. The lowest BCUT2D eigenvalue weighted by Gasteiger charge is -2.31. The van der Waals surface area contributed by atoms with Crippen LogP contribution in [0.3, 0.4) is 0 Å². The molecule has 0 heterocycles. The lowest BCUT2D eigenvalue weighted by molar-refractivity contribution is -0.887. The Morgan fingerprint density at radius 2 is 1.04 bits per heavy atom. The minimum Gasteiger partial charge on any atom is -0.477 e. The van der Waals surface area contributed by atoms with Crippen molar-refractivity contribution in [3.8, 4) is 0 Å². The third-order valence-corrected chi connectivity index (χ3v) is 9.18. The molecule has 0 radical (unpaired) electrons. The normalized spacial score (nSPS) is 13.6. The third kappa shape index (κ3) is 34.8. The van der Waals surface area contributed by atoms with Crippen LogP contribution in [0.1, 0.15) is 162 Å². The van der Waals surface area contributed by atoms with Crippen LogP contribution in [0.15, 0.2) is 60.8 Å². The molecule has 8 nitrogen and oxygen atoms in total. The number of quaternary nitrogens is 1. The number of hydrogen-bond donors (Lipinski definition) is 1. The second-order valence-corrected chi connectivity index (χ2v) is 15.2. The molecular weight excluding hydrogens is 679 g/mol. The Morgan fingerprint density at radius 1 is 0.574 bits per heavy atom. The summed E-state index contributed by atoms with van der Waals surface area (Å²) in [6.45, 7) is 4.56. The number of esters is 2. The number of allylic oxidation sites excluding steroid dienone is 10. The van der Waals surface area contributed by atoms with Crippen molar-refractivity contribution >= 4 is 17.9 Å². The zero-order chi connectivity index (χ0) is 40.0. The Morgan fingerprint density at radius 3 is 1.54 bits per heavy atom. The number of carbonyl (C=O) groups excluding carboxylic acids is 2. The van der Waals surface area contributed by atoms with Crippen LogP contribution in [0.25, 0.3) is 0 Å². The van der Waals surface area contributed by atoms with Crippen molar-refractivity contribution in [1.82, 2.24) is 0 Å². The largest absolute Gasteiger partial charge is 0.477 e. The molecule has 0 saturated carbocycles. The van der Waals surface area contributed by atoms with Crippen molar-refractivity contribution in [3.05, 3.63) is 60.8 Å². The van der Waals surface area contributed by atoms with Gasteiger partial charge in [0, 0.05) is 19.3 Å². The molecule has 0 fully saturated rings. The molecule has 0 saturated heterocycles. The number of carboxylic acid groups (broad SMARTS) is 1. The summed E-state index contributed by atoms with van der Waals surface area (Å²) in [6.07, 6.45) is 44.1. The number of hydrogen-bond acceptors (Lipinski definition) is 6. The summed E-state index contributed by atoms with van der Waals surface area (Å²) >= 11 is 0. The van der Waals surface area contributed by atoms with Crippen LogP contribution < -0.4 is 0 Å². The van der Waals surface area contributed by atoms with Gasteiger partial charge in [0.15, 0.2) is 12.1 Å². The van der Waals surface area contributed by atoms with Gasteiger partial charge in [-0.15, -0.1) is 0 Å². The number of aliphatic carboxylic acids is 1. The fourth-order valence-corrected chi connectivity index (χ4v) is 5.88. The second kappa shape index (κ2) is 37.0. The highest BCUT2D eigenvalue weighted by Crippen LogP contribution is 2.13. The van der Waals surface area contributed by atoms with Crippen LogP contribution in [0.2, 0.25) is 0 Å². The lowest BCUT2D eigenvalue weighted by atomic mass is 10.1. The van der Waals surface area contributed by atoms with Gasteiger partial charge < -0.3 is 23.8 Å². The Bertz CT molecular complexity index is 1070. The monoisotopic (exact) mass is 759 g/mol. The van der Waals surface area contributed by atoms with E-state index in [0.29, 0.717) is 19.3 Å². The van der Waals surface area contributed by atoms with E-state index < -0.39 is 18.1 Å². The van der Waals surface area contributed by atoms with Crippen molar-refractivity contribution in [2.45, 2.75) is 174 Å². The summed E-state index contributed by atoms with van der Waals surface area (Å²) in [5.41, 5.74) is 0. The molecule has 0 aliphatic rings. The SMILES string of the molecule is CC/C=C/C/C=C/C/C=C/C/C=C/C/C=C/CCCCCCCCC(=O)OCC(COCCC(C(=O)O)[N+](C)(C)C)OC(=O)CCCCCCCCCC. The number of rotatable bonds is 37. The van der Waals surface area contributed by atoms with Gasteiger partial charge in [-0.1, -0.05) is 145 Å². The Balaban J connectivity index is 4.26. The van der Waals surface area contributed by atoms with Crippen LogP contribution in [0, 0.1) is 0 Å². The maximum absolute atomic E-state index is 12.6. The minimum absolute atomic E-state index is 0.0551. The first kappa shape index (κ1) is 51.0. The molecule has 8 heteroatoms. The van der Waals surface area contributed by atoms with Crippen molar-refractivity contribution in [2.24, 2.45) is 0 Å². The number of nitrogens with zero attached hydrogens (tertiary/aromatic N) is 1. The molecule has 0 aromatic heterocycles. The molecule has 0 aliphatic carbocycles. The number of likely N-dealkylation sites (N-methyl/N-ethyl adjacent to an activating group) is 1. The van der Waals surface area contributed by atoms with Crippen LogP contribution in [0.5, 0.6) is 0 Å². The van der Waals surface area contributed by atoms with E-state index in [1.807, 2.05) is 21.1 Å². The highest BCUT2D eigenvalue weighted by Gasteiger charge is 2.31. The fraction of sp³-hybridized carbons (Fsp3) is 0.717. The smallest absolute Gasteiger partial charge is 0.362 e. The van der Waals surface area contributed by atoms with E-state index in [-0.39, 0.29) is 36.2 Å². The van der Waals surface area contributed by atoms with E-state index in [4.69, 9.17) is 14.2 Å². The number of unbranched alkanes of at least 4 members (excludes halogenated alkanes) is 13. The number of ether oxygens (including phenoxy) is 3. The lowest BCUT2D eigenvalue weighted by Crippen LogP contribution is -2.50. The first-order valence-electron chi connectivity index (χ1n) is 21.3. The summed E-state index contributed by atoms with van der Waals surface area (Å²) in [5.74, 6) is -1.50. The van der Waals surface area contributed by atoms with Crippen molar-refractivity contribution < 1.29 is 38.2 Å². The van der Waals surface area contributed by atoms with E-state index in [2.05, 4.69) is 74.6 Å². The molecule has 0 spiro atoms. The third-order valence-electron chi connectivity index (χ3n) is 9.18. The summed E-state index contributed by atoms with van der Waals surface area (Å²) in [5, 5.41) is 9.59. The molecule has 0 rings (SSSR count). The van der Waals surface area contributed by atoms with Crippen LogP contribution in [0.4, 0.5) is 0 Å².